The fourth-order valence-corrected chi connectivity index (χ4v) is 8.71. The molecule has 0 amide bonds. The van der Waals surface area contributed by atoms with Crippen LogP contribution >= 0.6 is 0 Å². The van der Waals surface area contributed by atoms with E-state index in [1.54, 1.807) is 24.3 Å². The van der Waals surface area contributed by atoms with Crippen LogP contribution in [0.3, 0.4) is 0 Å². The number of carbonyl (C=O) groups is 1. The standard InChI is InChI=1S/C27H38O6/c1-15-17-10-11-18-22(33-23(30)16-8-6-5-7-9-16)26(17,14-25(18,4)31)13-21(29)27(32)19(15)12-20(28)24(27,2)3/h5-9,15,17-22,28-29,31-32H,10-14H2,1-4H3/t15-,17-,18+,19-,20-,21+,22+,25+,26-,27-/m0/s1. The second-order valence-corrected chi connectivity index (χ2v) is 12.2. The molecule has 0 unspecified atom stereocenters. The molecule has 6 nitrogen and oxygen atoms in total. The number of benzene rings is 1. The predicted molar refractivity (Wildman–Crippen MR) is 122 cm³/mol. The van der Waals surface area contributed by atoms with Crippen molar-refractivity contribution in [1.29, 1.82) is 0 Å². The first-order chi connectivity index (χ1) is 15.4. The van der Waals surface area contributed by atoms with Crippen LogP contribution in [-0.4, -0.2) is 55.9 Å². The third kappa shape index (κ3) is 2.97. The molecule has 0 radical (unpaired) electrons. The maximum absolute atomic E-state index is 13.1. The van der Waals surface area contributed by atoms with E-state index in [0.29, 0.717) is 18.4 Å². The van der Waals surface area contributed by atoms with Crippen LogP contribution in [0.1, 0.15) is 70.2 Å². The van der Waals surface area contributed by atoms with Crippen LogP contribution < -0.4 is 0 Å². The Balaban J connectivity index is 1.58. The monoisotopic (exact) mass is 458 g/mol. The molecule has 4 N–H and O–H groups in total. The molecule has 1 spiro atoms. The molecule has 4 fully saturated rings. The quantitative estimate of drug-likeness (QED) is 0.508. The Labute approximate surface area is 196 Å². The van der Waals surface area contributed by atoms with Crippen molar-refractivity contribution in [1.82, 2.24) is 0 Å². The van der Waals surface area contributed by atoms with E-state index in [4.69, 9.17) is 4.74 Å². The van der Waals surface area contributed by atoms with Crippen molar-refractivity contribution in [3.63, 3.8) is 0 Å². The molecule has 6 heteroatoms. The van der Waals surface area contributed by atoms with Crippen molar-refractivity contribution >= 4 is 5.97 Å². The molecule has 4 aliphatic carbocycles. The number of rotatable bonds is 2. The molecule has 5 rings (SSSR count). The fourth-order valence-electron chi connectivity index (χ4n) is 8.71. The van der Waals surface area contributed by atoms with Gasteiger partial charge in [0.1, 0.15) is 11.7 Å². The largest absolute Gasteiger partial charge is 0.458 e. The van der Waals surface area contributed by atoms with Gasteiger partial charge in [0.05, 0.1) is 23.4 Å². The number of fused-ring (bicyclic) bond motifs is 2. The topological polar surface area (TPSA) is 107 Å². The van der Waals surface area contributed by atoms with Gasteiger partial charge >= 0.3 is 5.97 Å². The van der Waals surface area contributed by atoms with E-state index in [0.717, 1.165) is 12.8 Å². The van der Waals surface area contributed by atoms with Gasteiger partial charge in [-0.15, -0.1) is 0 Å². The Morgan fingerprint density at radius 1 is 0.970 bits per heavy atom. The van der Waals surface area contributed by atoms with Crippen molar-refractivity contribution in [2.45, 2.75) is 89.3 Å². The molecule has 0 aromatic heterocycles. The summed E-state index contributed by atoms with van der Waals surface area (Å²) in [5.41, 5.74) is -3.50. The Hall–Kier alpha value is -1.47. The summed E-state index contributed by atoms with van der Waals surface area (Å²) in [7, 11) is 0. The molecule has 4 saturated carbocycles. The zero-order chi connectivity index (χ0) is 24.0. The van der Waals surface area contributed by atoms with E-state index >= 15 is 0 Å². The lowest BCUT2D eigenvalue weighted by molar-refractivity contribution is -0.178. The van der Waals surface area contributed by atoms with Crippen LogP contribution in [0.5, 0.6) is 0 Å². The second kappa shape index (κ2) is 7.27. The molecule has 1 aromatic carbocycles. The fraction of sp³-hybridized carbons (Fsp3) is 0.741. The van der Waals surface area contributed by atoms with Crippen molar-refractivity contribution in [2.75, 3.05) is 0 Å². The smallest absolute Gasteiger partial charge is 0.338 e. The summed E-state index contributed by atoms with van der Waals surface area (Å²) in [6, 6.07) is 8.89. The number of ether oxygens (including phenoxy) is 1. The normalized spacial score (nSPS) is 50.2. The lowest BCUT2D eigenvalue weighted by Gasteiger charge is -2.48. The minimum atomic E-state index is -1.45. The highest BCUT2D eigenvalue weighted by Crippen LogP contribution is 2.69. The van der Waals surface area contributed by atoms with Gasteiger partial charge in [-0.1, -0.05) is 39.0 Å². The first kappa shape index (κ1) is 23.3. The van der Waals surface area contributed by atoms with Crippen LogP contribution in [-0.2, 0) is 4.74 Å². The summed E-state index contributed by atoms with van der Waals surface area (Å²) in [6.45, 7) is 7.60. The zero-order valence-electron chi connectivity index (χ0n) is 20.1. The third-order valence-corrected chi connectivity index (χ3v) is 10.4. The maximum atomic E-state index is 13.1. The second-order valence-electron chi connectivity index (χ2n) is 12.2. The van der Waals surface area contributed by atoms with Gasteiger partial charge in [-0.05, 0) is 68.9 Å². The molecule has 0 saturated heterocycles. The third-order valence-electron chi connectivity index (χ3n) is 10.4. The van der Waals surface area contributed by atoms with Gasteiger partial charge in [0.25, 0.3) is 0 Å². The average Bonchev–Trinajstić information content (AvgIpc) is 2.98. The van der Waals surface area contributed by atoms with Gasteiger partial charge in [0.15, 0.2) is 0 Å². The van der Waals surface area contributed by atoms with Crippen molar-refractivity contribution in [3.8, 4) is 0 Å². The SMILES string of the molecule is C[C@H]1[C@@H]2CC[C@@H]3[C@@H](OC(=O)c4ccccc4)[C@@]2(C[C@@H](O)[C@@]2(O)[C@H]1C[C@H](O)C2(C)C)C[C@@]3(C)O. The van der Waals surface area contributed by atoms with Crippen LogP contribution in [0, 0.1) is 34.5 Å². The van der Waals surface area contributed by atoms with Gasteiger partial charge in [0.2, 0.25) is 0 Å². The summed E-state index contributed by atoms with van der Waals surface area (Å²) >= 11 is 0. The molecular formula is C27H38O6. The van der Waals surface area contributed by atoms with Crippen LogP contribution in [0.4, 0.5) is 0 Å². The molecular weight excluding hydrogens is 420 g/mol. The van der Waals surface area contributed by atoms with E-state index in [9.17, 15) is 25.2 Å². The zero-order valence-corrected chi connectivity index (χ0v) is 20.1. The Morgan fingerprint density at radius 2 is 1.61 bits per heavy atom. The summed E-state index contributed by atoms with van der Waals surface area (Å²) in [5.74, 6) is -0.840. The van der Waals surface area contributed by atoms with Crippen LogP contribution in [0.15, 0.2) is 30.3 Å². The van der Waals surface area contributed by atoms with Gasteiger partial charge in [-0.2, -0.15) is 0 Å². The number of esters is 1. The van der Waals surface area contributed by atoms with Gasteiger partial charge in [-0.25, -0.2) is 4.79 Å². The number of carbonyl (C=O) groups excluding carboxylic acids is 1. The van der Waals surface area contributed by atoms with Gasteiger partial charge < -0.3 is 25.2 Å². The lowest BCUT2D eigenvalue weighted by Crippen LogP contribution is -2.57. The van der Waals surface area contributed by atoms with Crippen molar-refractivity contribution < 1.29 is 30.0 Å². The van der Waals surface area contributed by atoms with Gasteiger partial charge in [-0.3, -0.25) is 0 Å². The van der Waals surface area contributed by atoms with Gasteiger partial charge in [0, 0.05) is 16.7 Å². The number of aliphatic hydroxyl groups is 4. The summed E-state index contributed by atoms with van der Waals surface area (Å²) < 4.78 is 6.20. The molecule has 1 aromatic rings. The Bertz CT molecular complexity index is 928. The Kier molecular flexibility index (Phi) is 5.13. The van der Waals surface area contributed by atoms with E-state index in [2.05, 4.69) is 6.92 Å². The van der Waals surface area contributed by atoms with E-state index in [1.165, 1.54) is 0 Å². The number of hydrogen-bond acceptors (Lipinski definition) is 6. The molecule has 33 heavy (non-hydrogen) atoms. The van der Waals surface area contributed by atoms with E-state index < -0.39 is 46.3 Å². The summed E-state index contributed by atoms with van der Waals surface area (Å²) in [5, 5.41) is 45.9. The van der Waals surface area contributed by atoms with Crippen molar-refractivity contribution in [3.05, 3.63) is 35.9 Å². The van der Waals surface area contributed by atoms with Crippen LogP contribution in [0.25, 0.3) is 0 Å². The molecule has 4 aliphatic rings. The van der Waals surface area contributed by atoms with E-state index in [-0.39, 0.29) is 30.1 Å². The average molecular weight is 459 g/mol. The maximum Gasteiger partial charge on any atom is 0.338 e. The Morgan fingerprint density at radius 3 is 2.27 bits per heavy atom. The molecule has 0 aliphatic heterocycles. The minimum absolute atomic E-state index is 0.00338. The number of aliphatic hydroxyl groups excluding tert-OH is 2. The lowest BCUT2D eigenvalue weighted by atomic mass is 9.59. The predicted octanol–water partition coefficient (Wildman–Crippen LogP) is 2.92. The highest BCUT2D eigenvalue weighted by atomic mass is 16.5. The summed E-state index contributed by atoms with van der Waals surface area (Å²) in [4.78, 5) is 13.1. The minimum Gasteiger partial charge on any atom is -0.458 e. The highest BCUT2D eigenvalue weighted by Gasteiger charge is 2.73. The highest BCUT2D eigenvalue weighted by molar-refractivity contribution is 5.89. The first-order valence-electron chi connectivity index (χ1n) is 12.4. The first-order valence-corrected chi connectivity index (χ1v) is 12.4. The molecule has 2 bridgehead atoms. The summed E-state index contributed by atoms with van der Waals surface area (Å²) in [6.07, 6.45) is 0.344. The molecule has 182 valence electrons. The molecule has 0 heterocycles. The van der Waals surface area contributed by atoms with Crippen molar-refractivity contribution in [2.24, 2.45) is 34.5 Å². The number of hydrogen-bond donors (Lipinski definition) is 4. The van der Waals surface area contributed by atoms with Crippen LogP contribution in [0.2, 0.25) is 0 Å². The van der Waals surface area contributed by atoms with E-state index in [1.807, 2.05) is 26.8 Å². The molecule has 10 atom stereocenters.